The zero-order valence-electron chi connectivity index (χ0n) is 29.2. The van der Waals surface area contributed by atoms with Crippen molar-refractivity contribution < 1.29 is 32.3 Å². The monoisotopic (exact) mass is 802 g/mol. The molecule has 1 aliphatic rings. The molecule has 47 heavy (non-hydrogen) atoms. The molecular weight excluding hydrogens is 760 g/mol. The van der Waals surface area contributed by atoms with Gasteiger partial charge >= 0.3 is 0 Å². The van der Waals surface area contributed by atoms with E-state index < -0.39 is 11.8 Å². The molecule has 2 heterocycles. The first-order chi connectivity index (χ1) is 23.0. The van der Waals surface area contributed by atoms with Crippen molar-refractivity contribution in [2.75, 3.05) is 0 Å². The third-order valence-electron chi connectivity index (χ3n) is 8.82. The summed E-state index contributed by atoms with van der Waals surface area (Å²) in [6.45, 7) is 8.49. The van der Waals surface area contributed by atoms with Gasteiger partial charge < -0.3 is 10.1 Å². The second-order valence-electron chi connectivity index (χ2n) is 12.2. The number of nitrogens with zero attached hydrogens (tertiary/aromatic N) is 2. The number of phenolic OH excluding ortho intramolecular Hbond substituents is 1. The first-order valence-corrected chi connectivity index (χ1v) is 15.8. The van der Waals surface area contributed by atoms with Crippen molar-refractivity contribution in [3.05, 3.63) is 149 Å². The van der Waals surface area contributed by atoms with Crippen LogP contribution in [0.3, 0.4) is 0 Å². The van der Waals surface area contributed by atoms with Crippen LogP contribution in [0.2, 0.25) is 0 Å². The maximum atomic E-state index is 12.9. The Labute approximate surface area is 294 Å². The Bertz CT molecular complexity index is 2060. The molecule has 1 radical (unpaired) electrons. The average molecular weight is 802 g/mol. The number of fused-ring (bicyclic) bond motifs is 1. The molecule has 0 saturated heterocycles. The summed E-state index contributed by atoms with van der Waals surface area (Å²) in [7, 11) is 0. The van der Waals surface area contributed by atoms with Crippen LogP contribution < -0.4 is 0 Å². The average Bonchev–Trinajstić information content (AvgIpc) is 3.08. The minimum Gasteiger partial charge on any atom is -0.507 e. The van der Waals surface area contributed by atoms with Gasteiger partial charge in [0.05, 0.1) is 5.69 Å². The zero-order valence-corrected chi connectivity index (χ0v) is 29.6. The van der Waals surface area contributed by atoms with Crippen LogP contribution in [0, 0.1) is 39.6 Å². The van der Waals surface area contributed by atoms with E-state index in [0.29, 0.717) is 36.9 Å². The smallest absolute Gasteiger partial charge is 0.125 e. The summed E-state index contributed by atoms with van der Waals surface area (Å²) in [5.41, 5.74) is 9.80. The van der Waals surface area contributed by atoms with Crippen molar-refractivity contribution in [2.24, 2.45) is 0 Å². The van der Waals surface area contributed by atoms with Gasteiger partial charge in [-0.25, -0.2) is 4.39 Å². The standard InChI is InChI=1S/C31H32N.C11H8FNO.Ir/c1-20-16-21(2)18-27(17-20)31-29-19-22(3)30(23(4)28(29)14-15-32-31)26-12-10-25(11-13-26)24-8-6-5-7-9-24;12-8-4-5-11(14)9(7-8)10-3-1-2-6-13-10;/h5-9,14-17,19,25-26H,10-13H2,1-4H3;1-7,14H;/q-1;;/i25D,26D;;. The number of aromatic hydroxyl groups is 1. The maximum Gasteiger partial charge on any atom is 0.125 e. The SMILES string of the molecule is Oc1ccc(F)cc1-c1ccccn1.[2H]C1(c2ccccc2)CCC([2H])(c2c(C)cc3c(-c4[c-]c(C)cc(C)c4)nccc3c2C)CC1.[Ir]. The first kappa shape index (κ1) is 31.4. The van der Waals surface area contributed by atoms with Gasteiger partial charge in [0.25, 0.3) is 0 Å². The molecule has 1 aliphatic carbocycles. The molecule has 0 bridgehead atoms. The third-order valence-corrected chi connectivity index (χ3v) is 8.82. The maximum absolute atomic E-state index is 12.9. The van der Waals surface area contributed by atoms with Crippen LogP contribution in [0.5, 0.6) is 5.75 Å². The molecule has 0 spiro atoms. The van der Waals surface area contributed by atoms with Gasteiger partial charge in [-0.05, 0) is 126 Å². The van der Waals surface area contributed by atoms with Gasteiger partial charge in [0.2, 0.25) is 0 Å². The number of hydrogen-bond acceptors (Lipinski definition) is 3. The molecule has 0 aliphatic heterocycles. The van der Waals surface area contributed by atoms with Gasteiger partial charge in [0.15, 0.2) is 0 Å². The molecule has 1 fully saturated rings. The number of aryl methyl sites for hydroxylation is 4. The number of aromatic nitrogens is 2. The molecule has 7 rings (SSSR count). The Morgan fingerprint density at radius 1 is 0.766 bits per heavy atom. The molecule has 241 valence electrons. The third kappa shape index (κ3) is 7.70. The van der Waals surface area contributed by atoms with Crippen molar-refractivity contribution in [3.8, 4) is 28.3 Å². The molecule has 5 heteroatoms. The second kappa shape index (κ2) is 15.1. The number of pyridine rings is 2. The van der Waals surface area contributed by atoms with Gasteiger partial charge in [-0.2, -0.15) is 0 Å². The second-order valence-corrected chi connectivity index (χ2v) is 12.2. The summed E-state index contributed by atoms with van der Waals surface area (Å²) in [6, 6.07) is 31.3. The van der Waals surface area contributed by atoms with Crippen LogP contribution >= 0.6 is 0 Å². The van der Waals surface area contributed by atoms with Gasteiger partial charge in [0.1, 0.15) is 11.6 Å². The molecule has 1 N–H and O–H groups in total. The van der Waals surface area contributed by atoms with E-state index in [0.717, 1.165) is 44.3 Å². The molecule has 0 amide bonds. The Morgan fingerprint density at radius 3 is 2.19 bits per heavy atom. The Balaban J connectivity index is 0.000000262. The first-order valence-electron chi connectivity index (χ1n) is 16.8. The Kier molecular flexibility index (Phi) is 10.1. The number of benzene rings is 4. The summed E-state index contributed by atoms with van der Waals surface area (Å²) in [6.07, 6.45) is 6.28. The predicted molar refractivity (Wildman–Crippen MR) is 187 cm³/mol. The summed E-state index contributed by atoms with van der Waals surface area (Å²) in [5.74, 6) is -1.62. The van der Waals surface area contributed by atoms with Gasteiger partial charge in [-0.3, -0.25) is 4.98 Å². The fourth-order valence-corrected chi connectivity index (χ4v) is 6.75. The van der Waals surface area contributed by atoms with Crippen LogP contribution in [-0.2, 0) is 20.1 Å². The molecule has 3 nitrogen and oxygen atoms in total. The Hall–Kier alpha value is -4.18. The number of hydrogen-bond donors (Lipinski definition) is 1. The van der Waals surface area contributed by atoms with Crippen molar-refractivity contribution in [1.82, 2.24) is 9.97 Å². The van der Waals surface area contributed by atoms with Crippen LogP contribution in [-0.4, -0.2) is 15.1 Å². The molecule has 1 saturated carbocycles. The number of rotatable bonds is 4. The van der Waals surface area contributed by atoms with E-state index in [1.54, 1.807) is 24.4 Å². The van der Waals surface area contributed by atoms with Gasteiger partial charge in [-0.1, -0.05) is 56.3 Å². The van der Waals surface area contributed by atoms with Crippen molar-refractivity contribution in [3.63, 3.8) is 0 Å². The molecule has 0 unspecified atom stereocenters. The van der Waals surface area contributed by atoms with E-state index in [1.807, 2.05) is 24.4 Å². The van der Waals surface area contributed by atoms with E-state index >= 15 is 0 Å². The predicted octanol–water partition coefficient (Wildman–Crippen LogP) is 11.0. The van der Waals surface area contributed by atoms with Crippen LogP contribution in [0.1, 0.15) is 73.6 Å². The Morgan fingerprint density at radius 2 is 1.49 bits per heavy atom. The van der Waals surface area contributed by atoms with Gasteiger partial charge in [0, 0.05) is 40.8 Å². The van der Waals surface area contributed by atoms with Crippen molar-refractivity contribution in [2.45, 2.75) is 65.2 Å². The zero-order chi connectivity index (χ0) is 34.1. The van der Waals surface area contributed by atoms with Crippen LogP contribution in [0.15, 0.2) is 103 Å². The topological polar surface area (TPSA) is 46.0 Å². The normalized spacial score (nSPS) is 19.5. The van der Waals surface area contributed by atoms with E-state index in [2.05, 4.69) is 75.1 Å². The molecule has 0 atom stereocenters. The van der Waals surface area contributed by atoms with Crippen molar-refractivity contribution in [1.29, 1.82) is 0 Å². The van der Waals surface area contributed by atoms with Crippen molar-refractivity contribution >= 4 is 10.8 Å². The molecule has 4 aromatic carbocycles. The largest absolute Gasteiger partial charge is 0.507 e. The van der Waals surface area contributed by atoms with Crippen LogP contribution in [0.25, 0.3) is 33.3 Å². The van der Waals surface area contributed by atoms with Crippen LogP contribution in [0.4, 0.5) is 4.39 Å². The quantitative estimate of drug-likeness (QED) is 0.181. The fraction of sp³-hybridized carbons (Fsp3) is 0.238. The fourth-order valence-electron chi connectivity index (χ4n) is 6.75. The molecule has 6 aromatic rings. The molecule has 2 aromatic heterocycles. The number of phenols is 1. The van der Waals surface area contributed by atoms with E-state index in [-0.39, 0.29) is 31.7 Å². The summed E-state index contributed by atoms with van der Waals surface area (Å²) >= 11 is 0. The van der Waals surface area contributed by atoms with E-state index in [1.165, 1.54) is 29.3 Å². The number of halogens is 1. The van der Waals surface area contributed by atoms with E-state index in [9.17, 15) is 10.9 Å². The summed E-state index contributed by atoms with van der Waals surface area (Å²) in [5, 5.41) is 11.8. The summed E-state index contributed by atoms with van der Waals surface area (Å²) < 4.78 is 31.5. The van der Waals surface area contributed by atoms with E-state index in [4.69, 9.17) is 6.35 Å². The summed E-state index contributed by atoms with van der Waals surface area (Å²) in [4.78, 5) is 8.78. The van der Waals surface area contributed by atoms with Gasteiger partial charge in [-0.15, -0.1) is 34.9 Å². The molecular formula is C42H40FIrN2O-. The minimum absolute atomic E-state index is 0. The minimum atomic E-state index is -0.669.